The highest BCUT2D eigenvalue weighted by Crippen LogP contribution is 2.17. The van der Waals surface area contributed by atoms with E-state index in [0.717, 1.165) is 25.2 Å². The number of rotatable bonds is 4. The van der Waals surface area contributed by atoms with Gasteiger partial charge in [-0.1, -0.05) is 13.8 Å². The van der Waals surface area contributed by atoms with Crippen molar-refractivity contribution in [3.05, 3.63) is 17.5 Å². The zero-order valence-electron chi connectivity index (χ0n) is 13.5. The molecule has 3 rings (SSSR count). The molecular formula is C15H24ClN5O2. The molecule has 2 aliphatic heterocycles. The SMILES string of the molecule is CC(C)c1cc(C(=O)N2CCC(NC(=O)C3CNC3)C2)n[nH]1.Cl. The Kier molecular flexibility index (Phi) is 5.64. The molecule has 128 valence electrons. The highest BCUT2D eigenvalue weighted by molar-refractivity contribution is 5.92. The van der Waals surface area contributed by atoms with E-state index in [0.29, 0.717) is 24.7 Å². The second-order valence-electron chi connectivity index (χ2n) is 6.46. The van der Waals surface area contributed by atoms with Crippen LogP contribution in [-0.4, -0.2) is 59.1 Å². The van der Waals surface area contributed by atoms with Gasteiger partial charge in [-0.15, -0.1) is 12.4 Å². The van der Waals surface area contributed by atoms with Crippen LogP contribution in [0.4, 0.5) is 0 Å². The van der Waals surface area contributed by atoms with E-state index in [1.165, 1.54) is 0 Å². The van der Waals surface area contributed by atoms with Gasteiger partial charge in [0.1, 0.15) is 5.69 Å². The van der Waals surface area contributed by atoms with Crippen LogP contribution in [-0.2, 0) is 4.79 Å². The smallest absolute Gasteiger partial charge is 0.274 e. The van der Waals surface area contributed by atoms with Gasteiger partial charge in [0.15, 0.2) is 0 Å². The summed E-state index contributed by atoms with van der Waals surface area (Å²) >= 11 is 0. The van der Waals surface area contributed by atoms with E-state index in [4.69, 9.17) is 0 Å². The third-order valence-corrected chi connectivity index (χ3v) is 4.41. The van der Waals surface area contributed by atoms with Gasteiger partial charge in [-0.3, -0.25) is 14.7 Å². The van der Waals surface area contributed by atoms with Crippen LogP contribution in [0, 0.1) is 5.92 Å². The Labute approximate surface area is 142 Å². The monoisotopic (exact) mass is 341 g/mol. The van der Waals surface area contributed by atoms with Crippen molar-refractivity contribution in [2.75, 3.05) is 26.2 Å². The lowest BCUT2D eigenvalue weighted by molar-refractivity contribution is -0.127. The van der Waals surface area contributed by atoms with Crippen LogP contribution in [0.1, 0.15) is 42.4 Å². The van der Waals surface area contributed by atoms with Crippen LogP contribution in [0.5, 0.6) is 0 Å². The minimum absolute atomic E-state index is 0. The van der Waals surface area contributed by atoms with E-state index < -0.39 is 0 Å². The molecule has 8 heteroatoms. The van der Waals surface area contributed by atoms with Crippen molar-refractivity contribution >= 4 is 24.2 Å². The van der Waals surface area contributed by atoms with Crippen molar-refractivity contribution in [2.45, 2.75) is 32.2 Å². The van der Waals surface area contributed by atoms with E-state index in [2.05, 4.69) is 34.7 Å². The van der Waals surface area contributed by atoms with Gasteiger partial charge in [-0.2, -0.15) is 5.10 Å². The Hall–Kier alpha value is -1.60. The topological polar surface area (TPSA) is 90.1 Å². The first-order valence-corrected chi connectivity index (χ1v) is 7.90. The van der Waals surface area contributed by atoms with Gasteiger partial charge in [0.2, 0.25) is 5.91 Å². The maximum Gasteiger partial charge on any atom is 0.274 e. The number of nitrogens with zero attached hydrogens (tertiary/aromatic N) is 2. The second kappa shape index (κ2) is 7.31. The molecule has 2 aliphatic rings. The van der Waals surface area contributed by atoms with Gasteiger partial charge < -0.3 is 15.5 Å². The van der Waals surface area contributed by atoms with E-state index in [1.807, 2.05) is 6.07 Å². The standard InChI is InChI=1S/C15H23N5O2.ClH/c1-9(2)12-5-13(19-18-12)15(22)20-4-3-11(8-20)17-14(21)10-6-16-7-10;/h5,9-11,16H,3-4,6-8H2,1-2H3,(H,17,21)(H,18,19);1H. The number of likely N-dealkylation sites (tertiary alicyclic amines) is 1. The molecule has 0 bridgehead atoms. The molecule has 2 fully saturated rings. The molecule has 0 aromatic carbocycles. The molecule has 1 aromatic heterocycles. The van der Waals surface area contributed by atoms with Crippen LogP contribution >= 0.6 is 12.4 Å². The molecule has 1 atom stereocenters. The summed E-state index contributed by atoms with van der Waals surface area (Å²) in [4.78, 5) is 26.1. The van der Waals surface area contributed by atoms with Gasteiger partial charge in [0, 0.05) is 37.9 Å². The van der Waals surface area contributed by atoms with E-state index >= 15 is 0 Å². The largest absolute Gasteiger partial charge is 0.351 e. The first-order chi connectivity index (χ1) is 10.5. The predicted octanol–water partition coefficient (Wildman–Crippen LogP) is 0.505. The summed E-state index contributed by atoms with van der Waals surface area (Å²) in [5, 5.41) is 13.1. The Balaban J connectivity index is 0.00000192. The average molecular weight is 342 g/mol. The molecule has 0 radical (unpaired) electrons. The second-order valence-corrected chi connectivity index (χ2v) is 6.46. The highest BCUT2D eigenvalue weighted by Gasteiger charge is 2.32. The van der Waals surface area contributed by atoms with Crippen molar-refractivity contribution in [1.82, 2.24) is 25.7 Å². The van der Waals surface area contributed by atoms with Crippen molar-refractivity contribution in [2.24, 2.45) is 5.92 Å². The maximum atomic E-state index is 12.4. The van der Waals surface area contributed by atoms with Crippen molar-refractivity contribution in [3.8, 4) is 0 Å². The Morgan fingerprint density at radius 2 is 2.13 bits per heavy atom. The van der Waals surface area contributed by atoms with Gasteiger partial charge >= 0.3 is 0 Å². The fraction of sp³-hybridized carbons (Fsp3) is 0.667. The zero-order valence-corrected chi connectivity index (χ0v) is 14.3. The lowest BCUT2D eigenvalue weighted by Crippen LogP contribution is -2.53. The average Bonchev–Trinajstić information content (AvgIpc) is 3.04. The Bertz CT molecular complexity index is 570. The predicted molar refractivity (Wildman–Crippen MR) is 88.7 cm³/mol. The summed E-state index contributed by atoms with van der Waals surface area (Å²) < 4.78 is 0. The van der Waals surface area contributed by atoms with E-state index in [9.17, 15) is 9.59 Å². The number of H-pyrrole nitrogens is 1. The van der Waals surface area contributed by atoms with Crippen molar-refractivity contribution < 1.29 is 9.59 Å². The number of amides is 2. The van der Waals surface area contributed by atoms with Gasteiger partial charge in [0.25, 0.3) is 5.91 Å². The minimum atomic E-state index is -0.0646. The van der Waals surface area contributed by atoms with E-state index in [1.54, 1.807) is 4.90 Å². The van der Waals surface area contributed by atoms with Crippen molar-refractivity contribution in [3.63, 3.8) is 0 Å². The number of hydrogen-bond donors (Lipinski definition) is 3. The van der Waals surface area contributed by atoms with Crippen LogP contribution in [0.2, 0.25) is 0 Å². The summed E-state index contributed by atoms with van der Waals surface area (Å²) in [6.07, 6.45) is 0.805. The molecular weight excluding hydrogens is 318 g/mol. The lowest BCUT2D eigenvalue weighted by atomic mass is 10.0. The maximum absolute atomic E-state index is 12.4. The van der Waals surface area contributed by atoms with Gasteiger partial charge in [-0.25, -0.2) is 0 Å². The molecule has 0 spiro atoms. The van der Waals surface area contributed by atoms with Crippen LogP contribution in [0.25, 0.3) is 0 Å². The molecule has 0 saturated carbocycles. The summed E-state index contributed by atoms with van der Waals surface area (Å²) in [5.74, 6) is 0.436. The quantitative estimate of drug-likeness (QED) is 0.744. The third-order valence-electron chi connectivity index (χ3n) is 4.41. The molecule has 3 N–H and O–H groups in total. The fourth-order valence-corrected chi connectivity index (χ4v) is 2.76. The lowest BCUT2D eigenvalue weighted by Gasteiger charge is -2.27. The first kappa shape index (κ1) is 17.7. The number of carbonyl (C=O) groups is 2. The molecule has 7 nitrogen and oxygen atoms in total. The van der Waals surface area contributed by atoms with Crippen LogP contribution in [0.3, 0.4) is 0 Å². The molecule has 1 unspecified atom stereocenters. The Morgan fingerprint density at radius 1 is 1.39 bits per heavy atom. The van der Waals surface area contributed by atoms with E-state index in [-0.39, 0.29) is 36.2 Å². The fourth-order valence-electron chi connectivity index (χ4n) is 2.76. The number of aromatic amines is 1. The molecule has 1 aromatic rings. The molecule has 3 heterocycles. The number of halogens is 1. The molecule has 2 saturated heterocycles. The molecule has 2 amide bonds. The number of carbonyl (C=O) groups excluding carboxylic acids is 2. The minimum Gasteiger partial charge on any atom is -0.351 e. The summed E-state index contributed by atoms with van der Waals surface area (Å²) in [6, 6.07) is 1.87. The van der Waals surface area contributed by atoms with Crippen molar-refractivity contribution in [1.29, 1.82) is 0 Å². The molecule has 0 aliphatic carbocycles. The van der Waals surface area contributed by atoms with Crippen LogP contribution < -0.4 is 10.6 Å². The van der Waals surface area contributed by atoms with Gasteiger partial charge in [-0.05, 0) is 18.4 Å². The first-order valence-electron chi connectivity index (χ1n) is 7.90. The Morgan fingerprint density at radius 3 is 2.70 bits per heavy atom. The highest BCUT2D eigenvalue weighted by atomic mass is 35.5. The number of hydrogen-bond acceptors (Lipinski definition) is 4. The van der Waals surface area contributed by atoms with Gasteiger partial charge in [0.05, 0.1) is 5.92 Å². The van der Waals surface area contributed by atoms with Crippen LogP contribution in [0.15, 0.2) is 6.07 Å². The normalized spacial score (nSPS) is 21.0. The summed E-state index contributed by atoms with van der Waals surface area (Å²) in [6.45, 7) is 6.85. The number of nitrogens with one attached hydrogen (secondary N) is 3. The third kappa shape index (κ3) is 3.84. The molecule has 23 heavy (non-hydrogen) atoms. The number of aromatic nitrogens is 2. The summed E-state index contributed by atoms with van der Waals surface area (Å²) in [5.41, 5.74) is 1.42. The zero-order chi connectivity index (χ0) is 15.7. The summed E-state index contributed by atoms with van der Waals surface area (Å²) in [7, 11) is 0.